The van der Waals surface area contributed by atoms with Crippen molar-refractivity contribution in [2.45, 2.75) is 0 Å². The summed E-state index contributed by atoms with van der Waals surface area (Å²) in [6.07, 6.45) is 0. The predicted octanol–water partition coefficient (Wildman–Crippen LogP) is 1.32. The minimum Gasteiger partial charge on any atom is -0.494 e. The van der Waals surface area contributed by atoms with Gasteiger partial charge >= 0.3 is 5.76 Å². The summed E-state index contributed by atoms with van der Waals surface area (Å²) in [4.78, 5) is 12.7. The fourth-order valence-corrected chi connectivity index (χ4v) is 1.25. The van der Waals surface area contributed by atoms with Crippen LogP contribution in [0, 0.1) is 11.6 Å². The molecule has 0 amide bonds. The molecule has 2 rings (SSSR count). The van der Waals surface area contributed by atoms with Crippen LogP contribution < -0.4 is 10.5 Å². The van der Waals surface area contributed by atoms with Crippen LogP contribution in [-0.2, 0) is 0 Å². The minimum absolute atomic E-state index is 0.153. The van der Waals surface area contributed by atoms with Crippen molar-refractivity contribution in [2.75, 3.05) is 7.11 Å². The summed E-state index contributed by atoms with van der Waals surface area (Å²) in [7, 11) is 1.24. The summed E-state index contributed by atoms with van der Waals surface area (Å²) in [5, 5.41) is 3.20. The van der Waals surface area contributed by atoms with Crippen molar-refractivity contribution in [1.29, 1.82) is 0 Å². The van der Waals surface area contributed by atoms with Crippen LogP contribution in [0.2, 0.25) is 0 Å². The Morgan fingerprint density at radius 3 is 2.75 bits per heavy atom. The van der Waals surface area contributed by atoms with E-state index in [0.717, 1.165) is 12.1 Å². The topological polar surface area (TPSA) is 68.1 Å². The second-order valence-corrected chi connectivity index (χ2v) is 2.88. The molecule has 0 unspecified atom stereocenters. The average Bonchev–Trinajstić information content (AvgIpc) is 2.65. The molecule has 0 saturated heterocycles. The molecule has 0 spiro atoms. The molecule has 1 aromatic carbocycles. The Morgan fingerprint density at radius 1 is 1.44 bits per heavy atom. The third-order valence-corrected chi connectivity index (χ3v) is 1.95. The maximum absolute atomic E-state index is 13.7. The highest BCUT2D eigenvalue weighted by Crippen LogP contribution is 2.28. The smallest absolute Gasteiger partial charge is 0.439 e. The van der Waals surface area contributed by atoms with Gasteiger partial charge in [0.1, 0.15) is 5.82 Å². The number of methoxy groups -OCH3 is 1. The molecule has 0 aliphatic rings. The highest BCUT2D eigenvalue weighted by Gasteiger charge is 2.19. The molecule has 0 bridgehead atoms. The molecule has 0 aliphatic carbocycles. The maximum Gasteiger partial charge on any atom is 0.439 e. The van der Waals surface area contributed by atoms with Crippen molar-refractivity contribution in [2.24, 2.45) is 0 Å². The first-order chi connectivity index (χ1) is 7.63. The van der Waals surface area contributed by atoms with Crippen molar-refractivity contribution in [3.8, 4) is 17.1 Å². The molecular weight excluding hydrogens is 222 g/mol. The lowest BCUT2D eigenvalue weighted by Crippen LogP contribution is -1.99. The van der Waals surface area contributed by atoms with Crippen molar-refractivity contribution < 1.29 is 18.0 Å². The molecule has 1 heterocycles. The summed E-state index contributed by atoms with van der Waals surface area (Å²) in [5.74, 6) is -3.19. The number of hydrogen-bond acceptors (Lipinski definition) is 4. The number of nitrogens with one attached hydrogen (secondary N) is 1. The van der Waals surface area contributed by atoms with Gasteiger partial charge in [-0.3, -0.25) is 9.51 Å². The lowest BCUT2D eigenvalue weighted by atomic mass is 10.1. The number of H-pyrrole nitrogens is 1. The Morgan fingerprint density at radius 2 is 2.19 bits per heavy atom. The number of nitrogens with zero attached hydrogens (tertiary/aromatic N) is 1. The van der Waals surface area contributed by atoms with Gasteiger partial charge in [-0.15, -0.1) is 0 Å². The fourth-order valence-electron chi connectivity index (χ4n) is 1.25. The van der Waals surface area contributed by atoms with E-state index in [1.165, 1.54) is 7.11 Å². The van der Waals surface area contributed by atoms with Gasteiger partial charge in [-0.25, -0.2) is 13.6 Å². The normalized spacial score (nSPS) is 10.4. The molecule has 84 valence electrons. The third kappa shape index (κ3) is 1.56. The quantitative estimate of drug-likeness (QED) is 0.841. The molecule has 0 radical (unpaired) electrons. The molecule has 5 nitrogen and oxygen atoms in total. The molecule has 0 saturated carbocycles. The predicted molar refractivity (Wildman–Crippen MR) is 49.0 cm³/mol. The van der Waals surface area contributed by atoms with Gasteiger partial charge in [0.2, 0.25) is 0 Å². The highest BCUT2D eigenvalue weighted by atomic mass is 19.1. The van der Waals surface area contributed by atoms with Gasteiger partial charge in [0, 0.05) is 0 Å². The molecule has 2 aromatic rings. The Kier molecular flexibility index (Phi) is 2.43. The number of benzene rings is 1. The number of hydrogen-bond donors (Lipinski definition) is 1. The van der Waals surface area contributed by atoms with Gasteiger partial charge in [0.05, 0.1) is 12.7 Å². The van der Waals surface area contributed by atoms with Gasteiger partial charge in [0.25, 0.3) is 0 Å². The number of aromatic amines is 1. The van der Waals surface area contributed by atoms with E-state index in [1.54, 1.807) is 0 Å². The van der Waals surface area contributed by atoms with E-state index in [2.05, 4.69) is 19.4 Å². The number of ether oxygens (including phenoxy) is 1. The van der Waals surface area contributed by atoms with Gasteiger partial charge in [-0.2, -0.15) is 0 Å². The molecule has 0 fully saturated rings. The largest absolute Gasteiger partial charge is 0.494 e. The molecule has 1 aromatic heterocycles. The minimum atomic E-state index is -0.952. The average molecular weight is 228 g/mol. The molecular formula is C9H6F2N2O3. The van der Waals surface area contributed by atoms with Crippen LogP contribution in [-0.4, -0.2) is 17.3 Å². The zero-order valence-electron chi connectivity index (χ0n) is 8.08. The lowest BCUT2D eigenvalue weighted by molar-refractivity contribution is 0.381. The number of aromatic nitrogens is 2. The summed E-state index contributed by atoms with van der Waals surface area (Å²) >= 11 is 0. The van der Waals surface area contributed by atoms with Crippen LogP contribution in [0.4, 0.5) is 8.78 Å². The van der Waals surface area contributed by atoms with Crippen LogP contribution >= 0.6 is 0 Å². The standard InChI is InChI=1S/C9H6F2N2O3/c1-15-5-3-2-4(10)6(7(5)11)8-12-9(14)16-13-8/h2-3H,1H3,(H,12,13,14). The third-order valence-electron chi connectivity index (χ3n) is 1.95. The van der Waals surface area contributed by atoms with Crippen LogP contribution in [0.15, 0.2) is 21.5 Å². The maximum atomic E-state index is 13.7. The molecule has 7 heteroatoms. The molecule has 16 heavy (non-hydrogen) atoms. The Labute approximate surface area is 87.6 Å². The van der Waals surface area contributed by atoms with Gasteiger partial charge in [-0.05, 0) is 12.1 Å². The van der Waals surface area contributed by atoms with Crippen LogP contribution in [0.5, 0.6) is 5.75 Å². The van der Waals surface area contributed by atoms with E-state index in [1.807, 2.05) is 0 Å². The van der Waals surface area contributed by atoms with Crippen LogP contribution in [0.3, 0.4) is 0 Å². The van der Waals surface area contributed by atoms with Crippen molar-refractivity contribution in [1.82, 2.24) is 10.1 Å². The van der Waals surface area contributed by atoms with Crippen molar-refractivity contribution in [3.63, 3.8) is 0 Å². The Bertz CT molecular complexity index is 576. The van der Waals surface area contributed by atoms with Crippen LogP contribution in [0.25, 0.3) is 11.4 Å². The van der Waals surface area contributed by atoms with E-state index >= 15 is 0 Å². The fraction of sp³-hybridized carbons (Fsp3) is 0.111. The van der Waals surface area contributed by atoms with Crippen molar-refractivity contribution in [3.05, 3.63) is 34.3 Å². The molecule has 0 aliphatic heterocycles. The summed E-state index contributed by atoms with van der Waals surface area (Å²) < 4.78 is 35.9. The van der Waals surface area contributed by atoms with E-state index in [9.17, 15) is 13.6 Å². The van der Waals surface area contributed by atoms with E-state index in [0.29, 0.717) is 0 Å². The summed E-state index contributed by atoms with van der Waals surface area (Å²) in [6.45, 7) is 0. The summed E-state index contributed by atoms with van der Waals surface area (Å²) in [6, 6.07) is 2.14. The second kappa shape index (κ2) is 3.76. The first-order valence-electron chi connectivity index (χ1n) is 4.22. The highest BCUT2D eigenvalue weighted by molar-refractivity contribution is 5.59. The second-order valence-electron chi connectivity index (χ2n) is 2.88. The van der Waals surface area contributed by atoms with Crippen LogP contribution in [0.1, 0.15) is 0 Å². The first kappa shape index (κ1) is 10.3. The van der Waals surface area contributed by atoms with E-state index in [-0.39, 0.29) is 11.6 Å². The van der Waals surface area contributed by atoms with Gasteiger partial charge in [0.15, 0.2) is 17.4 Å². The van der Waals surface area contributed by atoms with Gasteiger partial charge < -0.3 is 4.74 Å². The number of rotatable bonds is 2. The lowest BCUT2D eigenvalue weighted by Gasteiger charge is -2.05. The first-order valence-corrected chi connectivity index (χ1v) is 4.22. The van der Waals surface area contributed by atoms with E-state index < -0.39 is 23.0 Å². The monoisotopic (exact) mass is 228 g/mol. The zero-order valence-corrected chi connectivity index (χ0v) is 8.08. The SMILES string of the molecule is COc1ccc(F)c(-c2noc(=O)[nH]2)c1F. The van der Waals surface area contributed by atoms with E-state index in [4.69, 9.17) is 0 Å². The number of halogens is 2. The zero-order chi connectivity index (χ0) is 11.7. The van der Waals surface area contributed by atoms with Crippen molar-refractivity contribution >= 4 is 0 Å². The molecule has 1 N–H and O–H groups in total. The van der Waals surface area contributed by atoms with Gasteiger partial charge in [-0.1, -0.05) is 5.16 Å². The summed E-state index contributed by atoms with van der Waals surface area (Å²) in [5.41, 5.74) is -0.495. The Balaban J connectivity index is 2.68. The Hall–Kier alpha value is -2.18. The molecule has 0 atom stereocenters.